The van der Waals surface area contributed by atoms with E-state index in [1.165, 1.54) is 35.9 Å². The average Bonchev–Trinajstić information content (AvgIpc) is 3.44. The Bertz CT molecular complexity index is 853. The van der Waals surface area contributed by atoms with Crippen molar-refractivity contribution in [2.45, 2.75) is 31.8 Å². The van der Waals surface area contributed by atoms with Crippen LogP contribution in [0.15, 0.2) is 40.7 Å². The molecule has 0 bridgehead atoms. The minimum absolute atomic E-state index is 0.0720. The molecular weight excluding hydrogens is 416 g/mol. The molecule has 1 aromatic heterocycles. The minimum atomic E-state index is -0.507. The SMILES string of the molecule is CN=C(NCC1CCCN(Cc2cccs2)C1)NC1CCN(c2c(F)cccc2F)C1. The van der Waals surface area contributed by atoms with E-state index < -0.39 is 11.6 Å². The van der Waals surface area contributed by atoms with Gasteiger partial charge in [-0.15, -0.1) is 11.3 Å². The van der Waals surface area contributed by atoms with Crippen molar-refractivity contribution >= 4 is 23.0 Å². The predicted molar refractivity (Wildman–Crippen MR) is 124 cm³/mol. The van der Waals surface area contributed by atoms with Gasteiger partial charge in [-0.1, -0.05) is 12.1 Å². The van der Waals surface area contributed by atoms with Crippen molar-refractivity contribution in [2.24, 2.45) is 10.9 Å². The number of likely N-dealkylation sites (tertiary alicyclic amines) is 1. The largest absolute Gasteiger partial charge is 0.365 e. The molecule has 2 aliphatic rings. The number of nitrogens with zero attached hydrogens (tertiary/aromatic N) is 3. The minimum Gasteiger partial charge on any atom is -0.365 e. The Morgan fingerprint density at radius 1 is 1.13 bits per heavy atom. The quantitative estimate of drug-likeness (QED) is 0.524. The van der Waals surface area contributed by atoms with Crippen LogP contribution in [0.25, 0.3) is 0 Å². The molecular formula is C23H31F2N5S. The van der Waals surface area contributed by atoms with Crippen molar-refractivity contribution in [1.82, 2.24) is 15.5 Å². The summed E-state index contributed by atoms with van der Waals surface area (Å²) in [6.45, 7) is 5.32. The number of hydrogen-bond donors (Lipinski definition) is 2. The highest BCUT2D eigenvalue weighted by molar-refractivity contribution is 7.09. The number of aliphatic imine (C=N–C) groups is 1. The van der Waals surface area contributed by atoms with E-state index in [0.717, 1.165) is 38.6 Å². The second-order valence-corrected chi connectivity index (χ2v) is 9.45. The van der Waals surface area contributed by atoms with Crippen molar-refractivity contribution < 1.29 is 8.78 Å². The third-order valence-electron chi connectivity index (χ3n) is 6.13. The third kappa shape index (κ3) is 5.74. The summed E-state index contributed by atoms with van der Waals surface area (Å²) in [4.78, 5) is 10.1. The summed E-state index contributed by atoms with van der Waals surface area (Å²) in [6, 6.07) is 8.45. The van der Waals surface area contributed by atoms with Crippen LogP contribution >= 0.6 is 11.3 Å². The summed E-state index contributed by atoms with van der Waals surface area (Å²) < 4.78 is 28.2. The summed E-state index contributed by atoms with van der Waals surface area (Å²) >= 11 is 1.82. The van der Waals surface area contributed by atoms with Gasteiger partial charge in [0.2, 0.25) is 0 Å². The normalized spacial score (nSPS) is 22.7. The van der Waals surface area contributed by atoms with E-state index in [1.54, 1.807) is 11.9 Å². The van der Waals surface area contributed by atoms with Crippen LogP contribution < -0.4 is 15.5 Å². The van der Waals surface area contributed by atoms with Gasteiger partial charge in [0, 0.05) is 50.7 Å². The van der Waals surface area contributed by atoms with Crippen molar-refractivity contribution in [2.75, 3.05) is 44.7 Å². The van der Waals surface area contributed by atoms with Gasteiger partial charge < -0.3 is 15.5 Å². The Morgan fingerprint density at radius 3 is 2.71 bits per heavy atom. The first kappa shape index (κ1) is 22.0. The van der Waals surface area contributed by atoms with Gasteiger partial charge in [0.05, 0.1) is 0 Å². The molecule has 0 aliphatic carbocycles. The molecule has 2 aromatic rings. The first-order valence-electron chi connectivity index (χ1n) is 11.0. The van der Waals surface area contributed by atoms with Crippen molar-refractivity contribution in [3.05, 3.63) is 52.2 Å². The van der Waals surface area contributed by atoms with Gasteiger partial charge in [-0.05, 0) is 55.3 Å². The topological polar surface area (TPSA) is 42.9 Å². The van der Waals surface area contributed by atoms with Crippen LogP contribution in [0.3, 0.4) is 0 Å². The molecule has 31 heavy (non-hydrogen) atoms. The summed E-state index contributed by atoms with van der Waals surface area (Å²) in [7, 11) is 1.77. The maximum atomic E-state index is 14.1. The van der Waals surface area contributed by atoms with Crippen LogP contribution in [0.4, 0.5) is 14.5 Å². The van der Waals surface area contributed by atoms with Gasteiger partial charge in [-0.2, -0.15) is 0 Å². The second-order valence-electron chi connectivity index (χ2n) is 8.42. The summed E-state index contributed by atoms with van der Waals surface area (Å²) in [5, 5.41) is 9.04. The molecule has 0 spiro atoms. The number of nitrogens with one attached hydrogen (secondary N) is 2. The fraction of sp³-hybridized carbons (Fsp3) is 0.522. The monoisotopic (exact) mass is 447 g/mol. The maximum absolute atomic E-state index is 14.1. The molecule has 0 radical (unpaired) electrons. The zero-order chi connectivity index (χ0) is 21.6. The van der Waals surface area contributed by atoms with Gasteiger partial charge in [-0.3, -0.25) is 9.89 Å². The number of para-hydroxylation sites is 1. The number of anilines is 1. The zero-order valence-corrected chi connectivity index (χ0v) is 18.8. The number of halogens is 2. The van der Waals surface area contributed by atoms with Crippen LogP contribution in [-0.4, -0.2) is 56.7 Å². The van der Waals surface area contributed by atoms with Gasteiger partial charge >= 0.3 is 0 Å². The molecule has 0 saturated carbocycles. The molecule has 8 heteroatoms. The van der Waals surface area contributed by atoms with E-state index in [9.17, 15) is 8.78 Å². The van der Waals surface area contributed by atoms with Gasteiger partial charge in [0.1, 0.15) is 17.3 Å². The fourth-order valence-electron chi connectivity index (χ4n) is 4.59. The number of rotatable bonds is 6. The van der Waals surface area contributed by atoms with Crippen LogP contribution in [-0.2, 0) is 6.54 Å². The zero-order valence-electron chi connectivity index (χ0n) is 18.0. The maximum Gasteiger partial charge on any atom is 0.191 e. The second kappa shape index (κ2) is 10.4. The molecule has 2 atom stereocenters. The van der Waals surface area contributed by atoms with E-state index in [0.29, 0.717) is 19.0 Å². The fourth-order valence-corrected chi connectivity index (χ4v) is 5.33. The molecule has 2 saturated heterocycles. The van der Waals surface area contributed by atoms with E-state index in [2.05, 4.69) is 38.0 Å². The smallest absolute Gasteiger partial charge is 0.191 e. The Morgan fingerprint density at radius 2 is 1.97 bits per heavy atom. The van der Waals surface area contributed by atoms with E-state index in [1.807, 2.05) is 11.3 Å². The third-order valence-corrected chi connectivity index (χ3v) is 6.99. The number of hydrogen-bond acceptors (Lipinski definition) is 4. The molecule has 2 N–H and O–H groups in total. The van der Waals surface area contributed by atoms with Crippen LogP contribution in [0.5, 0.6) is 0 Å². The van der Waals surface area contributed by atoms with Gasteiger partial charge in [0.15, 0.2) is 5.96 Å². The molecule has 2 aliphatic heterocycles. The van der Waals surface area contributed by atoms with E-state index in [4.69, 9.17) is 0 Å². The first-order valence-corrected chi connectivity index (χ1v) is 11.9. The molecule has 5 nitrogen and oxygen atoms in total. The lowest BCUT2D eigenvalue weighted by Crippen LogP contribution is -2.47. The lowest BCUT2D eigenvalue weighted by atomic mass is 9.98. The molecule has 168 valence electrons. The highest BCUT2D eigenvalue weighted by atomic mass is 32.1. The molecule has 2 fully saturated rings. The average molecular weight is 448 g/mol. The highest BCUT2D eigenvalue weighted by Gasteiger charge is 2.27. The van der Waals surface area contributed by atoms with Crippen molar-refractivity contribution in [3.63, 3.8) is 0 Å². The molecule has 0 amide bonds. The summed E-state index contributed by atoms with van der Waals surface area (Å²) in [6.07, 6.45) is 3.25. The Labute approximate surface area is 187 Å². The van der Waals surface area contributed by atoms with Gasteiger partial charge in [-0.25, -0.2) is 8.78 Å². The molecule has 2 unspecified atom stereocenters. The van der Waals surface area contributed by atoms with E-state index >= 15 is 0 Å². The molecule has 4 rings (SSSR count). The number of piperidine rings is 1. The number of benzene rings is 1. The number of guanidine groups is 1. The Hall–Kier alpha value is -2.19. The first-order chi connectivity index (χ1) is 15.1. The standard InChI is InChI=1S/C23H31F2N5S/c1-26-23(27-13-17-5-3-10-29(14-17)16-19-6-4-12-31-19)28-18-9-11-30(15-18)22-20(24)7-2-8-21(22)25/h2,4,6-8,12,17-18H,3,5,9-11,13-16H2,1H3,(H2,26,27,28). The van der Waals surface area contributed by atoms with Crippen LogP contribution in [0.2, 0.25) is 0 Å². The number of thiophene rings is 1. The lowest BCUT2D eigenvalue weighted by Gasteiger charge is -2.33. The van der Waals surface area contributed by atoms with Crippen molar-refractivity contribution in [3.8, 4) is 0 Å². The molecule has 1 aromatic carbocycles. The van der Waals surface area contributed by atoms with Crippen molar-refractivity contribution in [1.29, 1.82) is 0 Å². The predicted octanol–water partition coefficient (Wildman–Crippen LogP) is 3.68. The molecule has 3 heterocycles. The van der Waals surface area contributed by atoms with Gasteiger partial charge in [0.25, 0.3) is 0 Å². The highest BCUT2D eigenvalue weighted by Crippen LogP contribution is 2.26. The van der Waals surface area contributed by atoms with Crippen LogP contribution in [0.1, 0.15) is 24.1 Å². The Balaban J connectivity index is 1.24. The Kier molecular flexibility index (Phi) is 7.40. The van der Waals surface area contributed by atoms with E-state index in [-0.39, 0.29) is 11.7 Å². The summed E-state index contributed by atoms with van der Waals surface area (Å²) in [5.41, 5.74) is 0.0720. The summed E-state index contributed by atoms with van der Waals surface area (Å²) in [5.74, 6) is 0.330. The van der Waals surface area contributed by atoms with Crippen LogP contribution in [0, 0.1) is 17.6 Å². The lowest BCUT2D eigenvalue weighted by molar-refractivity contribution is 0.169.